The molecule has 0 amide bonds. The van der Waals surface area contributed by atoms with Gasteiger partial charge in [-0.05, 0) is 24.5 Å². The Balaban J connectivity index is 2.49. The second kappa shape index (κ2) is 7.16. The van der Waals surface area contributed by atoms with Crippen molar-refractivity contribution in [1.82, 2.24) is 0 Å². The van der Waals surface area contributed by atoms with E-state index < -0.39 is 0 Å². The van der Waals surface area contributed by atoms with E-state index in [1.54, 1.807) is 6.07 Å². The zero-order valence-electron chi connectivity index (χ0n) is 9.68. The molecule has 16 heavy (non-hydrogen) atoms. The van der Waals surface area contributed by atoms with Gasteiger partial charge in [0, 0.05) is 6.04 Å². The monoisotopic (exact) mass is 259 g/mol. The van der Waals surface area contributed by atoms with Gasteiger partial charge in [-0.2, -0.15) is 0 Å². The van der Waals surface area contributed by atoms with Gasteiger partial charge in [-0.25, -0.2) is 0 Å². The highest BCUT2D eigenvalue weighted by molar-refractivity contribution is 6.42. The average molecular weight is 260 g/mol. The van der Waals surface area contributed by atoms with E-state index in [2.05, 4.69) is 6.92 Å². The van der Waals surface area contributed by atoms with Gasteiger partial charge in [0.1, 0.15) is 0 Å². The molecule has 0 fully saturated rings. The molecule has 0 heterocycles. The van der Waals surface area contributed by atoms with Gasteiger partial charge >= 0.3 is 0 Å². The smallest absolute Gasteiger partial charge is 0.0624 e. The molecule has 0 saturated carbocycles. The van der Waals surface area contributed by atoms with Gasteiger partial charge in [0.15, 0.2) is 0 Å². The van der Waals surface area contributed by atoms with Crippen molar-refractivity contribution in [1.29, 1.82) is 0 Å². The predicted octanol–water partition coefficient (Wildman–Crippen LogP) is 4.44. The first-order chi connectivity index (χ1) is 7.65. The molecule has 90 valence electrons. The number of rotatable bonds is 6. The molecule has 3 heteroatoms. The first-order valence-corrected chi connectivity index (χ1v) is 6.59. The number of benzene rings is 1. The van der Waals surface area contributed by atoms with Crippen LogP contribution >= 0.6 is 23.2 Å². The van der Waals surface area contributed by atoms with Crippen molar-refractivity contribution in [3.05, 3.63) is 33.8 Å². The number of hydrogen-bond acceptors (Lipinski definition) is 1. The molecule has 0 aliphatic carbocycles. The molecule has 1 rings (SSSR count). The van der Waals surface area contributed by atoms with Gasteiger partial charge in [0.2, 0.25) is 0 Å². The van der Waals surface area contributed by atoms with E-state index in [1.165, 1.54) is 19.3 Å². The molecule has 1 nitrogen and oxygen atoms in total. The lowest BCUT2D eigenvalue weighted by atomic mass is 10.0. The summed E-state index contributed by atoms with van der Waals surface area (Å²) in [7, 11) is 0. The molecule has 0 aromatic heterocycles. The minimum Gasteiger partial charge on any atom is -0.327 e. The molecule has 1 unspecified atom stereocenters. The Morgan fingerprint density at radius 1 is 1.25 bits per heavy atom. The summed E-state index contributed by atoms with van der Waals surface area (Å²) in [6.45, 7) is 2.19. The van der Waals surface area contributed by atoms with Crippen LogP contribution in [0.5, 0.6) is 0 Å². The van der Waals surface area contributed by atoms with Crippen LogP contribution in [0.4, 0.5) is 0 Å². The fourth-order valence-corrected chi connectivity index (χ4v) is 2.14. The largest absolute Gasteiger partial charge is 0.327 e. The molecule has 0 aliphatic rings. The van der Waals surface area contributed by atoms with Crippen LogP contribution in [0.2, 0.25) is 10.0 Å². The van der Waals surface area contributed by atoms with Crippen molar-refractivity contribution in [2.45, 2.75) is 45.1 Å². The molecule has 1 aromatic rings. The standard InChI is InChI=1S/C13H19Cl2N/c1-2-3-4-7-11(16)9-10-6-5-8-12(14)13(10)15/h5-6,8,11H,2-4,7,9,16H2,1H3. The van der Waals surface area contributed by atoms with E-state index in [-0.39, 0.29) is 6.04 Å². The quantitative estimate of drug-likeness (QED) is 0.751. The van der Waals surface area contributed by atoms with Crippen molar-refractivity contribution < 1.29 is 0 Å². The summed E-state index contributed by atoms with van der Waals surface area (Å²) in [5.41, 5.74) is 7.12. The molecule has 2 N–H and O–H groups in total. The maximum absolute atomic E-state index is 6.11. The summed E-state index contributed by atoms with van der Waals surface area (Å²) < 4.78 is 0. The van der Waals surface area contributed by atoms with E-state index in [0.717, 1.165) is 18.4 Å². The van der Waals surface area contributed by atoms with Crippen LogP contribution in [0.3, 0.4) is 0 Å². The minimum absolute atomic E-state index is 0.183. The Kier molecular flexibility index (Phi) is 6.18. The van der Waals surface area contributed by atoms with Crippen LogP contribution in [-0.4, -0.2) is 6.04 Å². The van der Waals surface area contributed by atoms with Crippen LogP contribution in [0, 0.1) is 0 Å². The second-order valence-corrected chi connectivity index (χ2v) is 4.96. The van der Waals surface area contributed by atoms with Gasteiger partial charge < -0.3 is 5.73 Å². The summed E-state index contributed by atoms with van der Waals surface area (Å²) in [4.78, 5) is 0. The zero-order chi connectivity index (χ0) is 12.0. The van der Waals surface area contributed by atoms with E-state index in [9.17, 15) is 0 Å². The Bertz CT molecular complexity index is 326. The first kappa shape index (κ1) is 13.8. The lowest BCUT2D eigenvalue weighted by Gasteiger charge is -2.12. The third kappa shape index (κ3) is 4.32. The number of unbranched alkanes of at least 4 members (excludes halogenated alkanes) is 2. The lowest BCUT2D eigenvalue weighted by Crippen LogP contribution is -2.22. The summed E-state index contributed by atoms with van der Waals surface area (Å²) in [6.07, 6.45) is 5.53. The first-order valence-electron chi connectivity index (χ1n) is 5.83. The lowest BCUT2D eigenvalue weighted by molar-refractivity contribution is 0.557. The Labute approximate surface area is 108 Å². The van der Waals surface area contributed by atoms with Gasteiger partial charge in [-0.15, -0.1) is 0 Å². The number of halogens is 2. The molecule has 1 atom stereocenters. The zero-order valence-corrected chi connectivity index (χ0v) is 11.2. The molecule has 0 aliphatic heterocycles. The topological polar surface area (TPSA) is 26.0 Å². The van der Waals surface area contributed by atoms with Crippen LogP contribution in [0.1, 0.15) is 38.2 Å². The van der Waals surface area contributed by atoms with Crippen LogP contribution in [0.15, 0.2) is 18.2 Å². The summed E-state index contributed by atoms with van der Waals surface area (Å²) >= 11 is 12.1. The van der Waals surface area contributed by atoms with Crippen molar-refractivity contribution in [2.75, 3.05) is 0 Å². The van der Waals surface area contributed by atoms with Crippen LogP contribution in [0.25, 0.3) is 0 Å². The summed E-state index contributed by atoms with van der Waals surface area (Å²) in [5.74, 6) is 0. The van der Waals surface area contributed by atoms with Crippen LogP contribution in [-0.2, 0) is 6.42 Å². The van der Waals surface area contributed by atoms with E-state index in [4.69, 9.17) is 28.9 Å². The normalized spacial score (nSPS) is 12.8. The molecule has 0 bridgehead atoms. The van der Waals surface area contributed by atoms with Crippen molar-refractivity contribution in [2.24, 2.45) is 5.73 Å². The predicted molar refractivity (Wildman–Crippen MR) is 72.3 cm³/mol. The molecule has 0 radical (unpaired) electrons. The van der Waals surface area contributed by atoms with Crippen molar-refractivity contribution in [3.63, 3.8) is 0 Å². The molecule has 0 spiro atoms. The minimum atomic E-state index is 0.183. The molecule has 1 aromatic carbocycles. The molecular formula is C13H19Cl2N. The third-order valence-electron chi connectivity index (χ3n) is 2.69. The Morgan fingerprint density at radius 3 is 2.69 bits per heavy atom. The SMILES string of the molecule is CCCCCC(N)Cc1cccc(Cl)c1Cl. The van der Waals surface area contributed by atoms with Gasteiger partial charge in [-0.3, -0.25) is 0 Å². The highest BCUT2D eigenvalue weighted by Gasteiger charge is 2.08. The van der Waals surface area contributed by atoms with E-state index in [1.807, 2.05) is 12.1 Å². The number of nitrogens with two attached hydrogens (primary N) is 1. The maximum Gasteiger partial charge on any atom is 0.0624 e. The van der Waals surface area contributed by atoms with E-state index in [0.29, 0.717) is 10.0 Å². The summed E-state index contributed by atoms with van der Waals surface area (Å²) in [5, 5.41) is 1.26. The van der Waals surface area contributed by atoms with Gasteiger partial charge in [0.05, 0.1) is 10.0 Å². The molecule has 0 saturated heterocycles. The Hall–Kier alpha value is -0.240. The highest BCUT2D eigenvalue weighted by atomic mass is 35.5. The highest BCUT2D eigenvalue weighted by Crippen LogP contribution is 2.26. The van der Waals surface area contributed by atoms with Crippen molar-refractivity contribution in [3.8, 4) is 0 Å². The molecular weight excluding hydrogens is 241 g/mol. The second-order valence-electron chi connectivity index (χ2n) is 4.17. The van der Waals surface area contributed by atoms with E-state index >= 15 is 0 Å². The average Bonchev–Trinajstić information content (AvgIpc) is 2.25. The Morgan fingerprint density at radius 2 is 2.00 bits per heavy atom. The van der Waals surface area contributed by atoms with Crippen LogP contribution < -0.4 is 5.73 Å². The fourth-order valence-electron chi connectivity index (χ4n) is 1.75. The van der Waals surface area contributed by atoms with Crippen molar-refractivity contribution >= 4 is 23.2 Å². The summed E-state index contributed by atoms with van der Waals surface area (Å²) in [6, 6.07) is 5.90. The van der Waals surface area contributed by atoms with Gasteiger partial charge in [0.25, 0.3) is 0 Å². The number of hydrogen-bond donors (Lipinski definition) is 1. The maximum atomic E-state index is 6.11. The van der Waals surface area contributed by atoms with Gasteiger partial charge in [-0.1, -0.05) is 61.5 Å². The fraction of sp³-hybridized carbons (Fsp3) is 0.538. The third-order valence-corrected chi connectivity index (χ3v) is 3.55.